The highest BCUT2D eigenvalue weighted by Gasteiger charge is 2.30. The monoisotopic (exact) mass is 330 g/mol. The van der Waals surface area contributed by atoms with Gasteiger partial charge in [0.25, 0.3) is 0 Å². The molecule has 1 heterocycles. The second-order valence-electron chi connectivity index (χ2n) is 5.18. The zero-order valence-electron chi connectivity index (χ0n) is 12.4. The Morgan fingerprint density at radius 1 is 1.48 bits per heavy atom. The van der Waals surface area contributed by atoms with E-state index in [2.05, 4.69) is 0 Å². The molecule has 5 nitrogen and oxygen atoms in total. The Morgan fingerprint density at radius 3 is 2.86 bits per heavy atom. The zero-order valence-corrected chi connectivity index (χ0v) is 14.0. The van der Waals surface area contributed by atoms with Crippen molar-refractivity contribution in [3.63, 3.8) is 0 Å². The Bertz CT molecular complexity index is 590. The summed E-state index contributed by atoms with van der Waals surface area (Å²) in [6.45, 7) is 1.81. The van der Waals surface area contributed by atoms with Crippen LogP contribution in [0.2, 0.25) is 0 Å². The first kappa shape index (κ1) is 16.6. The minimum absolute atomic E-state index is 0.403. The van der Waals surface area contributed by atoms with Crippen molar-refractivity contribution < 1.29 is 13.2 Å². The van der Waals surface area contributed by atoms with Gasteiger partial charge in [-0.3, -0.25) is 4.90 Å². The largest absolute Gasteiger partial charge is 0.496 e. The highest BCUT2D eigenvalue weighted by Crippen LogP contribution is 2.25. The molecule has 1 fully saturated rings. The van der Waals surface area contributed by atoms with Crippen LogP contribution in [0.4, 0.5) is 0 Å². The van der Waals surface area contributed by atoms with Gasteiger partial charge in [0, 0.05) is 43.0 Å². The average Bonchev–Trinajstić information content (AvgIpc) is 2.46. The molecule has 1 aromatic carbocycles. The quantitative estimate of drug-likeness (QED) is 0.871. The van der Waals surface area contributed by atoms with Gasteiger partial charge in [0.1, 0.15) is 11.1 Å². The molecule has 2 N–H and O–H groups in total. The molecule has 1 aliphatic heterocycles. The number of rotatable bonds is 5. The van der Waals surface area contributed by atoms with Crippen LogP contribution in [-0.2, 0) is 22.9 Å². The van der Waals surface area contributed by atoms with E-state index in [1.165, 1.54) is 6.26 Å². The molecule has 0 radical (unpaired) electrons. The van der Waals surface area contributed by atoms with Crippen molar-refractivity contribution in [2.24, 2.45) is 5.73 Å². The maximum absolute atomic E-state index is 11.9. The van der Waals surface area contributed by atoms with Gasteiger partial charge in [-0.05, 0) is 17.7 Å². The molecule has 0 aliphatic carbocycles. The first-order chi connectivity index (χ1) is 9.95. The summed E-state index contributed by atoms with van der Waals surface area (Å²) >= 11 is 1.70. The van der Waals surface area contributed by atoms with Crippen LogP contribution in [0.1, 0.15) is 11.1 Å². The number of ether oxygens (including phenoxy) is 1. The Morgan fingerprint density at radius 2 is 2.24 bits per heavy atom. The predicted octanol–water partition coefficient (Wildman–Crippen LogP) is 1.07. The van der Waals surface area contributed by atoms with Crippen molar-refractivity contribution in [1.29, 1.82) is 0 Å². The van der Waals surface area contributed by atoms with Gasteiger partial charge in [-0.25, -0.2) is 8.42 Å². The molecule has 0 bridgehead atoms. The van der Waals surface area contributed by atoms with E-state index in [1.54, 1.807) is 18.9 Å². The van der Waals surface area contributed by atoms with Crippen LogP contribution in [0.25, 0.3) is 0 Å². The molecule has 1 atom stereocenters. The number of sulfone groups is 1. The fraction of sp³-hybridized carbons (Fsp3) is 0.571. The molecule has 0 saturated carbocycles. The van der Waals surface area contributed by atoms with E-state index >= 15 is 0 Å². The minimum Gasteiger partial charge on any atom is -0.496 e. The normalized spacial score (nSPS) is 20.4. The lowest BCUT2D eigenvalue weighted by Crippen LogP contribution is -2.46. The summed E-state index contributed by atoms with van der Waals surface area (Å²) in [5, 5.41) is -0.403. The SMILES string of the molecule is COc1ccc(CN2CCSCC2S(C)(=O)=O)cc1CN. The smallest absolute Gasteiger partial charge is 0.164 e. The van der Waals surface area contributed by atoms with E-state index < -0.39 is 15.2 Å². The number of hydrogen-bond acceptors (Lipinski definition) is 6. The van der Waals surface area contributed by atoms with Crippen LogP contribution in [0, 0.1) is 0 Å². The average molecular weight is 330 g/mol. The van der Waals surface area contributed by atoms with Crippen LogP contribution in [0.15, 0.2) is 18.2 Å². The highest BCUT2D eigenvalue weighted by molar-refractivity contribution is 8.00. The van der Waals surface area contributed by atoms with Crippen molar-refractivity contribution in [3.05, 3.63) is 29.3 Å². The van der Waals surface area contributed by atoms with Crippen molar-refractivity contribution >= 4 is 21.6 Å². The molecule has 2 rings (SSSR count). The molecule has 1 aliphatic rings. The summed E-state index contributed by atoms with van der Waals surface area (Å²) in [4.78, 5) is 2.04. The third kappa shape index (κ3) is 4.12. The van der Waals surface area contributed by atoms with Gasteiger partial charge in [0.15, 0.2) is 9.84 Å². The summed E-state index contributed by atoms with van der Waals surface area (Å²) < 4.78 is 29.1. The number of benzene rings is 1. The van der Waals surface area contributed by atoms with Crippen molar-refractivity contribution in [2.75, 3.05) is 31.4 Å². The van der Waals surface area contributed by atoms with E-state index in [0.29, 0.717) is 18.8 Å². The summed E-state index contributed by atoms with van der Waals surface area (Å²) in [5.41, 5.74) is 7.74. The summed E-state index contributed by atoms with van der Waals surface area (Å²) in [6.07, 6.45) is 1.32. The van der Waals surface area contributed by atoms with E-state index in [1.807, 2.05) is 23.1 Å². The van der Waals surface area contributed by atoms with Gasteiger partial charge < -0.3 is 10.5 Å². The molecule has 0 aromatic heterocycles. The second kappa shape index (κ2) is 7.00. The van der Waals surface area contributed by atoms with Gasteiger partial charge in [-0.2, -0.15) is 11.8 Å². The number of nitrogens with two attached hydrogens (primary N) is 1. The third-order valence-corrected chi connectivity index (χ3v) is 6.32. The van der Waals surface area contributed by atoms with Gasteiger partial charge in [0.2, 0.25) is 0 Å². The molecule has 21 heavy (non-hydrogen) atoms. The van der Waals surface area contributed by atoms with Crippen molar-refractivity contribution in [3.8, 4) is 5.75 Å². The Labute approximate surface area is 130 Å². The summed E-state index contributed by atoms with van der Waals surface area (Å²) in [6, 6.07) is 5.87. The lowest BCUT2D eigenvalue weighted by molar-refractivity contribution is 0.262. The molecule has 0 amide bonds. The number of methoxy groups -OCH3 is 1. The summed E-state index contributed by atoms with van der Waals surface area (Å²) in [5.74, 6) is 2.38. The third-order valence-electron chi connectivity index (χ3n) is 3.64. The van der Waals surface area contributed by atoms with Gasteiger partial charge in [-0.1, -0.05) is 6.07 Å². The molecule has 1 aromatic rings. The topological polar surface area (TPSA) is 72.6 Å². The van der Waals surface area contributed by atoms with Crippen LogP contribution in [-0.4, -0.2) is 50.1 Å². The molecule has 7 heteroatoms. The second-order valence-corrected chi connectivity index (χ2v) is 8.53. The van der Waals surface area contributed by atoms with E-state index in [4.69, 9.17) is 10.5 Å². The van der Waals surface area contributed by atoms with Crippen LogP contribution in [0.3, 0.4) is 0 Å². The van der Waals surface area contributed by atoms with Gasteiger partial charge in [-0.15, -0.1) is 0 Å². The first-order valence-corrected chi connectivity index (χ1v) is 9.93. The van der Waals surface area contributed by atoms with Crippen LogP contribution >= 0.6 is 11.8 Å². The predicted molar refractivity (Wildman–Crippen MR) is 87.3 cm³/mol. The Hall–Kier alpha value is -0.760. The maximum Gasteiger partial charge on any atom is 0.164 e. The zero-order chi connectivity index (χ0) is 15.5. The first-order valence-electron chi connectivity index (χ1n) is 6.82. The number of nitrogens with zero attached hydrogens (tertiary/aromatic N) is 1. The molecular weight excluding hydrogens is 308 g/mol. The lowest BCUT2D eigenvalue weighted by atomic mass is 10.1. The molecule has 118 valence electrons. The molecule has 1 saturated heterocycles. The van der Waals surface area contributed by atoms with E-state index in [0.717, 1.165) is 29.2 Å². The van der Waals surface area contributed by atoms with E-state index in [9.17, 15) is 8.42 Å². The summed E-state index contributed by atoms with van der Waals surface area (Å²) in [7, 11) is -1.45. The van der Waals surface area contributed by atoms with Crippen LogP contribution < -0.4 is 10.5 Å². The molecule has 1 unspecified atom stereocenters. The fourth-order valence-corrected chi connectivity index (χ4v) is 5.46. The van der Waals surface area contributed by atoms with Crippen molar-refractivity contribution in [2.45, 2.75) is 18.5 Å². The Kier molecular flexibility index (Phi) is 5.54. The molecular formula is C14H22N2O3S2. The van der Waals surface area contributed by atoms with Crippen LogP contribution in [0.5, 0.6) is 5.75 Å². The molecule has 0 spiro atoms. The number of hydrogen-bond donors (Lipinski definition) is 1. The fourth-order valence-electron chi connectivity index (χ4n) is 2.51. The van der Waals surface area contributed by atoms with Gasteiger partial charge >= 0.3 is 0 Å². The lowest BCUT2D eigenvalue weighted by Gasteiger charge is -2.34. The standard InChI is InChI=1S/C14H22N2O3S2/c1-19-13-4-3-11(7-12(13)8-15)9-16-5-6-20-10-14(16)21(2,17)18/h3-4,7,14H,5-6,8-10,15H2,1-2H3. The van der Waals surface area contributed by atoms with Gasteiger partial charge in [0.05, 0.1) is 7.11 Å². The van der Waals surface area contributed by atoms with Crippen molar-refractivity contribution in [1.82, 2.24) is 4.90 Å². The number of thioether (sulfide) groups is 1. The Balaban J connectivity index is 2.19. The highest BCUT2D eigenvalue weighted by atomic mass is 32.2. The maximum atomic E-state index is 11.9. The van der Waals surface area contributed by atoms with E-state index in [-0.39, 0.29) is 0 Å². The minimum atomic E-state index is -3.07.